The highest BCUT2D eigenvalue weighted by Gasteiger charge is 2.34. The molecule has 29 heavy (non-hydrogen) atoms. The van der Waals surface area contributed by atoms with Crippen molar-refractivity contribution in [2.24, 2.45) is 0 Å². The third kappa shape index (κ3) is 3.89. The van der Waals surface area contributed by atoms with Crippen LogP contribution in [0.25, 0.3) is 23.0 Å². The second-order valence-corrected chi connectivity index (χ2v) is 6.61. The van der Waals surface area contributed by atoms with Crippen LogP contribution in [-0.4, -0.2) is 68.2 Å². The molecule has 0 unspecified atom stereocenters. The lowest BCUT2D eigenvalue weighted by Gasteiger charge is -2.41. The van der Waals surface area contributed by atoms with Gasteiger partial charge in [-0.2, -0.15) is 4.98 Å². The van der Waals surface area contributed by atoms with Crippen molar-refractivity contribution in [3.05, 3.63) is 42.9 Å². The van der Waals surface area contributed by atoms with E-state index in [-0.39, 0.29) is 12.1 Å². The van der Waals surface area contributed by atoms with Gasteiger partial charge in [0, 0.05) is 25.5 Å². The van der Waals surface area contributed by atoms with Crippen molar-refractivity contribution in [1.82, 2.24) is 29.9 Å². The number of carbonyl (C=O) groups excluding carboxylic acids is 1. The van der Waals surface area contributed by atoms with Gasteiger partial charge < -0.3 is 19.1 Å². The lowest BCUT2D eigenvalue weighted by Crippen LogP contribution is -2.59. The van der Waals surface area contributed by atoms with Gasteiger partial charge in [0.1, 0.15) is 17.5 Å². The Morgan fingerprint density at radius 1 is 1.24 bits per heavy atom. The van der Waals surface area contributed by atoms with Crippen molar-refractivity contribution in [3.8, 4) is 28.7 Å². The van der Waals surface area contributed by atoms with Crippen LogP contribution in [0, 0.1) is 0 Å². The SMILES string of the molecule is CCN(CC)C(=O)N1CC(Oc2ccccc2-c2nc(-c3cnccn3)no2)C1. The Morgan fingerprint density at radius 3 is 2.76 bits per heavy atom. The maximum atomic E-state index is 12.4. The standard InChI is InChI=1S/C20H22N6O3/c1-3-25(4-2)20(27)26-12-14(13-26)28-17-8-6-5-7-15(17)19-23-18(24-29-19)16-11-21-9-10-22-16/h5-11,14H,3-4,12-13H2,1-2H3. The van der Waals surface area contributed by atoms with Crippen molar-refractivity contribution in [1.29, 1.82) is 0 Å². The number of rotatable bonds is 6. The summed E-state index contributed by atoms with van der Waals surface area (Å²) in [5.74, 6) is 1.35. The van der Waals surface area contributed by atoms with E-state index < -0.39 is 0 Å². The highest BCUT2D eigenvalue weighted by Crippen LogP contribution is 2.31. The van der Waals surface area contributed by atoms with E-state index in [1.807, 2.05) is 38.1 Å². The van der Waals surface area contributed by atoms with Gasteiger partial charge >= 0.3 is 6.03 Å². The van der Waals surface area contributed by atoms with Crippen LogP contribution in [0.5, 0.6) is 5.75 Å². The van der Waals surface area contributed by atoms with Crippen LogP contribution < -0.4 is 4.74 Å². The van der Waals surface area contributed by atoms with Crippen molar-refractivity contribution in [3.63, 3.8) is 0 Å². The molecule has 0 N–H and O–H groups in total. The van der Waals surface area contributed by atoms with E-state index in [1.54, 1.807) is 28.4 Å². The topological polar surface area (TPSA) is 97.5 Å². The zero-order valence-electron chi connectivity index (χ0n) is 16.4. The van der Waals surface area contributed by atoms with E-state index >= 15 is 0 Å². The summed E-state index contributed by atoms with van der Waals surface area (Å²) in [6, 6.07) is 7.53. The maximum absolute atomic E-state index is 12.4. The third-order valence-electron chi connectivity index (χ3n) is 4.78. The van der Waals surface area contributed by atoms with Gasteiger partial charge in [0.25, 0.3) is 5.89 Å². The van der Waals surface area contributed by atoms with Crippen LogP contribution in [0.15, 0.2) is 47.4 Å². The molecule has 9 heteroatoms. The summed E-state index contributed by atoms with van der Waals surface area (Å²) in [6.07, 6.45) is 4.66. The number of aromatic nitrogens is 4. The summed E-state index contributed by atoms with van der Waals surface area (Å²) in [5, 5.41) is 3.99. The lowest BCUT2D eigenvalue weighted by atomic mass is 10.1. The fraction of sp³-hybridized carbons (Fsp3) is 0.350. The lowest BCUT2D eigenvalue weighted by molar-refractivity contribution is 0.0321. The Bertz CT molecular complexity index is 967. The third-order valence-corrected chi connectivity index (χ3v) is 4.78. The number of ether oxygens (including phenoxy) is 1. The van der Waals surface area contributed by atoms with Gasteiger partial charge in [-0.25, -0.2) is 9.78 Å². The Hall–Kier alpha value is -3.49. The Balaban J connectivity index is 1.45. The molecule has 2 aromatic heterocycles. The normalized spacial score (nSPS) is 13.8. The number of nitrogens with zero attached hydrogens (tertiary/aromatic N) is 6. The Morgan fingerprint density at radius 2 is 2.03 bits per heavy atom. The number of urea groups is 1. The first kappa shape index (κ1) is 18.9. The number of likely N-dealkylation sites (tertiary alicyclic amines) is 1. The fourth-order valence-electron chi connectivity index (χ4n) is 3.14. The van der Waals surface area contributed by atoms with Crippen LogP contribution in [0.4, 0.5) is 4.79 Å². The summed E-state index contributed by atoms with van der Waals surface area (Å²) >= 11 is 0. The summed E-state index contributed by atoms with van der Waals surface area (Å²) in [6.45, 7) is 6.46. The van der Waals surface area contributed by atoms with Gasteiger partial charge in [-0.05, 0) is 26.0 Å². The minimum absolute atomic E-state index is 0.0497. The molecule has 1 aromatic carbocycles. The summed E-state index contributed by atoms with van der Waals surface area (Å²) in [7, 11) is 0. The molecule has 0 bridgehead atoms. The predicted molar refractivity (Wildman–Crippen MR) is 105 cm³/mol. The molecule has 0 saturated carbocycles. The molecule has 1 aliphatic rings. The average molecular weight is 394 g/mol. The maximum Gasteiger partial charge on any atom is 0.320 e. The van der Waals surface area contributed by atoms with Gasteiger partial charge in [-0.1, -0.05) is 17.3 Å². The quantitative estimate of drug-likeness (QED) is 0.634. The first-order valence-corrected chi connectivity index (χ1v) is 9.59. The minimum atomic E-state index is -0.0713. The Labute approximate surface area is 168 Å². The predicted octanol–water partition coefficient (Wildman–Crippen LogP) is 2.72. The van der Waals surface area contributed by atoms with Gasteiger partial charge in [0.15, 0.2) is 0 Å². The smallest absolute Gasteiger partial charge is 0.320 e. The molecule has 0 atom stereocenters. The van der Waals surface area contributed by atoms with Crippen LogP contribution in [0.1, 0.15) is 13.8 Å². The molecule has 9 nitrogen and oxygen atoms in total. The van der Waals surface area contributed by atoms with Crippen LogP contribution in [0.2, 0.25) is 0 Å². The van der Waals surface area contributed by atoms with Crippen LogP contribution in [-0.2, 0) is 0 Å². The van der Waals surface area contributed by atoms with Gasteiger partial charge in [0.2, 0.25) is 5.82 Å². The molecule has 2 amide bonds. The molecular weight excluding hydrogens is 372 g/mol. The van der Waals surface area contributed by atoms with Crippen LogP contribution >= 0.6 is 0 Å². The molecule has 4 rings (SSSR count). The van der Waals surface area contributed by atoms with E-state index in [1.165, 1.54) is 0 Å². The van der Waals surface area contributed by atoms with Crippen LogP contribution in [0.3, 0.4) is 0 Å². The molecule has 3 aromatic rings. The largest absolute Gasteiger partial charge is 0.486 e. The number of hydrogen-bond donors (Lipinski definition) is 0. The highest BCUT2D eigenvalue weighted by molar-refractivity contribution is 5.75. The second-order valence-electron chi connectivity index (χ2n) is 6.61. The monoisotopic (exact) mass is 394 g/mol. The molecule has 150 valence electrons. The first-order chi connectivity index (χ1) is 14.2. The average Bonchev–Trinajstić information content (AvgIpc) is 3.22. The molecule has 1 saturated heterocycles. The van der Waals surface area contributed by atoms with E-state index in [0.717, 1.165) is 0 Å². The number of amides is 2. The number of hydrogen-bond acceptors (Lipinski definition) is 7. The summed E-state index contributed by atoms with van der Waals surface area (Å²) < 4.78 is 11.5. The zero-order valence-corrected chi connectivity index (χ0v) is 16.4. The van der Waals surface area contributed by atoms with E-state index in [2.05, 4.69) is 20.1 Å². The van der Waals surface area contributed by atoms with Gasteiger partial charge in [0.05, 0.1) is 24.8 Å². The minimum Gasteiger partial charge on any atom is -0.486 e. The Kier molecular flexibility index (Phi) is 5.37. The fourth-order valence-corrected chi connectivity index (χ4v) is 3.14. The zero-order chi connectivity index (χ0) is 20.2. The van der Waals surface area contributed by atoms with E-state index in [0.29, 0.717) is 54.9 Å². The molecule has 0 radical (unpaired) electrons. The molecule has 1 fully saturated rings. The van der Waals surface area contributed by atoms with E-state index in [9.17, 15) is 4.79 Å². The van der Waals surface area contributed by atoms with E-state index in [4.69, 9.17) is 9.26 Å². The summed E-state index contributed by atoms with van der Waals surface area (Å²) in [4.78, 5) is 28.6. The summed E-state index contributed by atoms with van der Waals surface area (Å²) in [5.41, 5.74) is 1.23. The molecule has 0 aliphatic carbocycles. The van der Waals surface area contributed by atoms with Crippen molar-refractivity contribution >= 4 is 6.03 Å². The van der Waals surface area contributed by atoms with Crippen molar-refractivity contribution in [2.75, 3.05) is 26.2 Å². The van der Waals surface area contributed by atoms with Gasteiger partial charge in [-0.15, -0.1) is 0 Å². The second kappa shape index (κ2) is 8.26. The number of carbonyl (C=O) groups is 1. The van der Waals surface area contributed by atoms with Crippen molar-refractivity contribution in [2.45, 2.75) is 20.0 Å². The molecule has 0 spiro atoms. The molecular formula is C20H22N6O3. The van der Waals surface area contributed by atoms with Crippen molar-refractivity contribution < 1.29 is 14.1 Å². The number of para-hydroxylation sites is 1. The van der Waals surface area contributed by atoms with Gasteiger partial charge in [-0.3, -0.25) is 4.98 Å². The number of benzene rings is 1. The molecule has 3 heterocycles. The molecule has 1 aliphatic heterocycles. The first-order valence-electron chi connectivity index (χ1n) is 9.59. The highest BCUT2D eigenvalue weighted by atomic mass is 16.5.